The van der Waals surface area contributed by atoms with Gasteiger partial charge in [-0.1, -0.05) is 77.7 Å². The van der Waals surface area contributed by atoms with Crippen molar-refractivity contribution < 1.29 is 0 Å². The second-order valence-corrected chi connectivity index (χ2v) is 9.03. The molecule has 0 aliphatic carbocycles. The van der Waals surface area contributed by atoms with Crippen LogP contribution in [0.2, 0.25) is 0 Å². The SMILES string of the molecule is [Al][c]1n[c]([Al])nc(-n2c3ccccc3c3c4ccccc4c4c(c32)-c2ccccc2[B]4)n1. The van der Waals surface area contributed by atoms with E-state index in [1.54, 1.807) is 0 Å². The molecular weight excluding hydrogens is 421 g/mol. The molecule has 3 heterocycles. The summed E-state index contributed by atoms with van der Waals surface area (Å²) >= 11 is 5.20. The molecule has 0 N–H and O–H groups in total. The van der Waals surface area contributed by atoms with Crippen LogP contribution in [0.4, 0.5) is 0 Å². The standard InChI is InChI=1S/C25H12BN4.2Al/c1-2-8-16-15(7-1)21-18-10-4-6-12-20(18)30(25-28-13-27-14-29-25)24(21)22-17-9-3-5-11-19(17)26-23(16)22;;/h1-12H;;. The van der Waals surface area contributed by atoms with E-state index < -0.39 is 0 Å². The van der Waals surface area contributed by atoms with Gasteiger partial charge in [-0.05, 0) is 22.4 Å². The van der Waals surface area contributed by atoms with Gasteiger partial charge in [0.1, 0.15) is 0 Å². The Kier molecular flexibility index (Phi) is 3.95. The maximum Gasteiger partial charge on any atom is 0.244 e. The number of para-hydroxylation sites is 1. The molecule has 0 bridgehead atoms. The first-order chi connectivity index (χ1) is 15.7. The lowest BCUT2D eigenvalue weighted by Crippen LogP contribution is -2.29. The largest absolute Gasteiger partial charge is 0.277 e. The van der Waals surface area contributed by atoms with E-state index in [4.69, 9.17) is 9.97 Å². The quantitative estimate of drug-likeness (QED) is 0.368. The fourth-order valence-corrected chi connectivity index (χ4v) is 5.73. The molecule has 7 heteroatoms. The van der Waals surface area contributed by atoms with E-state index >= 15 is 0 Å². The Morgan fingerprint density at radius 2 is 1.34 bits per heavy atom. The molecular formula is C25H12Al2BN4. The molecule has 4 nitrogen and oxygen atoms in total. The Labute approximate surface area is 201 Å². The fourth-order valence-electron chi connectivity index (χ4n) is 5.08. The van der Waals surface area contributed by atoms with Gasteiger partial charge in [0.15, 0.2) is 7.28 Å². The summed E-state index contributed by atoms with van der Waals surface area (Å²) in [5.41, 5.74) is 7.21. The maximum absolute atomic E-state index is 4.72. The summed E-state index contributed by atoms with van der Waals surface area (Å²) in [6, 6.07) is 25.8. The van der Waals surface area contributed by atoms with Gasteiger partial charge in [-0.3, -0.25) is 9.55 Å². The van der Waals surface area contributed by atoms with Crippen molar-refractivity contribution in [3.05, 3.63) is 72.8 Å². The monoisotopic (exact) mass is 433 g/mol. The summed E-state index contributed by atoms with van der Waals surface area (Å²) in [6.45, 7) is 0. The van der Waals surface area contributed by atoms with Gasteiger partial charge in [-0.25, -0.2) is 9.97 Å². The van der Waals surface area contributed by atoms with Gasteiger partial charge in [0.05, 0.1) is 11.0 Å². The second kappa shape index (κ2) is 6.79. The van der Waals surface area contributed by atoms with E-state index in [1.165, 1.54) is 43.6 Å². The predicted octanol–water partition coefficient (Wildman–Crippen LogP) is 1.34. The van der Waals surface area contributed by atoms with E-state index in [1.807, 2.05) is 0 Å². The number of aromatic nitrogens is 4. The zero-order valence-electron chi connectivity index (χ0n) is 16.9. The number of nitrogens with zero attached hydrogens (tertiary/aromatic N) is 4. The van der Waals surface area contributed by atoms with Crippen LogP contribution in [-0.2, 0) is 0 Å². The van der Waals surface area contributed by atoms with Crippen molar-refractivity contribution >= 4 is 92.7 Å². The van der Waals surface area contributed by atoms with E-state index in [2.05, 4.69) is 122 Å². The van der Waals surface area contributed by atoms with Crippen LogP contribution in [-0.4, -0.2) is 59.4 Å². The van der Waals surface area contributed by atoms with Gasteiger partial charge < -0.3 is 0 Å². The third kappa shape index (κ3) is 2.49. The summed E-state index contributed by atoms with van der Waals surface area (Å²) in [5.74, 6) is 0.628. The van der Waals surface area contributed by atoms with Crippen LogP contribution in [0.15, 0.2) is 72.8 Å². The molecule has 6 aromatic rings. The van der Waals surface area contributed by atoms with Gasteiger partial charge in [-0.15, -0.1) is 0 Å². The summed E-state index contributed by atoms with van der Waals surface area (Å²) in [5, 5.41) is 4.94. The van der Waals surface area contributed by atoms with Gasteiger partial charge in [0.25, 0.3) is 0 Å². The summed E-state index contributed by atoms with van der Waals surface area (Å²) < 4.78 is 3.44. The third-order valence-corrected chi connectivity index (χ3v) is 6.77. The van der Waals surface area contributed by atoms with Crippen LogP contribution in [0.25, 0.3) is 49.7 Å². The lowest BCUT2D eigenvalue weighted by molar-refractivity contribution is 0.986. The van der Waals surface area contributed by atoms with Crippen molar-refractivity contribution in [2.24, 2.45) is 0 Å². The van der Waals surface area contributed by atoms with Crippen LogP contribution in [0.3, 0.4) is 0 Å². The topological polar surface area (TPSA) is 43.6 Å². The Balaban J connectivity index is 1.80. The molecule has 32 heavy (non-hydrogen) atoms. The number of rotatable bonds is 1. The number of hydrogen-bond acceptors (Lipinski definition) is 3. The van der Waals surface area contributed by atoms with Crippen LogP contribution >= 0.6 is 0 Å². The first-order valence-electron chi connectivity index (χ1n) is 10.4. The zero-order valence-corrected chi connectivity index (χ0v) is 19.3. The van der Waals surface area contributed by atoms with E-state index in [9.17, 15) is 0 Å². The molecule has 0 saturated carbocycles. The van der Waals surface area contributed by atoms with Crippen LogP contribution in [0.5, 0.6) is 0 Å². The highest BCUT2D eigenvalue weighted by molar-refractivity contribution is 6.77. The first-order valence-corrected chi connectivity index (χ1v) is 11.6. The molecule has 5 radical (unpaired) electrons. The molecule has 0 unspecified atom stereocenters. The van der Waals surface area contributed by atoms with Gasteiger partial charge in [0.2, 0.25) is 38.5 Å². The molecule has 1 aliphatic heterocycles. The van der Waals surface area contributed by atoms with Crippen molar-refractivity contribution in [1.29, 1.82) is 0 Å². The van der Waals surface area contributed by atoms with Gasteiger partial charge in [-0.2, -0.15) is 0 Å². The summed E-state index contributed by atoms with van der Waals surface area (Å²) in [4.78, 5) is 13.8. The van der Waals surface area contributed by atoms with Crippen molar-refractivity contribution in [2.75, 3.05) is 0 Å². The van der Waals surface area contributed by atoms with Crippen molar-refractivity contribution in [2.45, 2.75) is 0 Å². The van der Waals surface area contributed by atoms with Crippen molar-refractivity contribution in [1.82, 2.24) is 19.5 Å². The Bertz CT molecular complexity index is 1720. The van der Waals surface area contributed by atoms with E-state index in [-0.39, 0.29) is 0 Å². The first kappa shape index (κ1) is 18.6. The minimum atomic E-state index is 0.621. The van der Waals surface area contributed by atoms with Gasteiger partial charge >= 0.3 is 0 Å². The molecule has 0 saturated heterocycles. The molecule has 1 aliphatic rings. The molecule has 2 aromatic heterocycles. The lowest BCUT2D eigenvalue weighted by Gasteiger charge is -2.14. The van der Waals surface area contributed by atoms with Crippen LogP contribution < -0.4 is 20.3 Å². The third-order valence-electron chi connectivity index (χ3n) is 6.26. The average Bonchev–Trinajstić information content (AvgIpc) is 3.35. The van der Waals surface area contributed by atoms with Crippen LogP contribution in [0, 0.1) is 0 Å². The Hall–Kier alpha value is -2.92. The molecule has 0 spiro atoms. The number of benzene rings is 4. The normalized spacial score (nSPS) is 12.2. The number of fused-ring (bicyclic) bond motifs is 10. The molecule has 141 valence electrons. The zero-order chi connectivity index (χ0) is 21.4. The predicted molar refractivity (Wildman–Crippen MR) is 133 cm³/mol. The highest BCUT2D eigenvalue weighted by Crippen LogP contribution is 2.41. The smallest absolute Gasteiger partial charge is 0.244 e. The average molecular weight is 433 g/mol. The van der Waals surface area contributed by atoms with Crippen LogP contribution in [0.1, 0.15) is 0 Å². The second-order valence-electron chi connectivity index (χ2n) is 7.99. The maximum atomic E-state index is 4.72. The van der Waals surface area contributed by atoms with E-state index in [0.29, 0.717) is 15.3 Å². The molecule has 0 atom stereocenters. The van der Waals surface area contributed by atoms with Crippen molar-refractivity contribution in [3.8, 4) is 17.1 Å². The molecule has 0 amide bonds. The fraction of sp³-hybridized carbons (Fsp3) is 0. The summed E-state index contributed by atoms with van der Waals surface area (Å²) in [7, 11) is 2.31. The Morgan fingerprint density at radius 3 is 2.16 bits per heavy atom. The molecule has 0 fully saturated rings. The molecule has 4 aromatic carbocycles. The highest BCUT2D eigenvalue weighted by atomic mass is 27.1. The van der Waals surface area contributed by atoms with Gasteiger partial charge in [0, 0.05) is 25.7 Å². The minimum absolute atomic E-state index is 0.621. The highest BCUT2D eigenvalue weighted by Gasteiger charge is 2.29. The van der Waals surface area contributed by atoms with Crippen molar-refractivity contribution in [3.63, 3.8) is 0 Å². The minimum Gasteiger partial charge on any atom is -0.277 e. The summed E-state index contributed by atoms with van der Waals surface area (Å²) in [6.07, 6.45) is 0. The molecule has 7 rings (SSSR count). The number of hydrogen-bond donors (Lipinski definition) is 0. The lowest BCUT2D eigenvalue weighted by atomic mass is 9.66. The van der Waals surface area contributed by atoms with E-state index in [0.717, 1.165) is 11.0 Å². The Morgan fingerprint density at radius 1 is 0.688 bits per heavy atom.